The number of carbonyl (C=O) groups excluding carboxylic acids is 2. The van der Waals surface area contributed by atoms with Crippen molar-refractivity contribution in [2.45, 2.75) is 0 Å². The van der Waals surface area contributed by atoms with Gasteiger partial charge in [0.15, 0.2) is 0 Å². The average molecular weight is 202 g/mol. The molecule has 0 fully saturated rings. The Labute approximate surface area is 62.2 Å². The van der Waals surface area contributed by atoms with E-state index < -0.39 is 31.5 Å². The average Bonchev–Trinajstić information content (AvgIpc) is 1.86. The fraction of sp³-hybridized carbons (Fsp3) is 0. The lowest BCUT2D eigenvalue weighted by atomic mass is 11.8. The summed E-state index contributed by atoms with van der Waals surface area (Å²) in [6.45, 7) is 0. The fourth-order valence-corrected chi connectivity index (χ4v) is 1.48. The van der Waals surface area contributed by atoms with Crippen LogP contribution in [0.25, 0.3) is 0 Å². The topological polar surface area (TPSA) is 112 Å². The maximum absolute atomic E-state index is 10.0. The molecule has 0 aliphatic heterocycles. The summed E-state index contributed by atoms with van der Waals surface area (Å²) in [6, 6.07) is 0. The van der Waals surface area contributed by atoms with E-state index in [1.54, 1.807) is 0 Å². The highest BCUT2D eigenvalue weighted by Crippen LogP contribution is 1.94. The Hall–Kier alpha value is -0.800. The zero-order valence-corrected chi connectivity index (χ0v) is 6.46. The van der Waals surface area contributed by atoms with Crippen molar-refractivity contribution in [1.29, 1.82) is 0 Å². The highest BCUT2D eigenvalue weighted by Gasteiger charge is 2.20. The lowest BCUT2D eigenvalue weighted by Crippen LogP contribution is -2.14. The van der Waals surface area contributed by atoms with E-state index in [9.17, 15) is 26.4 Å². The molecule has 0 amide bonds. The van der Waals surface area contributed by atoms with Gasteiger partial charge < -0.3 is 0 Å². The normalized spacial score (nSPS) is 12.4. The first-order valence-corrected chi connectivity index (χ1v) is 4.89. The van der Waals surface area contributed by atoms with Crippen molar-refractivity contribution < 1.29 is 30.1 Å². The van der Waals surface area contributed by atoms with Crippen molar-refractivity contribution in [3.8, 4) is 0 Å². The van der Waals surface area contributed by atoms with Crippen molar-refractivity contribution in [3.05, 3.63) is 0 Å². The minimum absolute atomic E-state index is 0.728. The fourth-order valence-electron chi connectivity index (χ4n) is 0.164. The van der Waals surface area contributed by atoms with E-state index in [4.69, 9.17) is 0 Å². The summed E-state index contributed by atoms with van der Waals surface area (Å²) in [7, 11) is -9.58. The summed E-state index contributed by atoms with van der Waals surface area (Å²) in [5.74, 6) is 0. The predicted molar refractivity (Wildman–Crippen MR) is 32.4 cm³/mol. The number of rotatable bonds is 4. The lowest BCUT2D eigenvalue weighted by molar-refractivity contribution is 0.469. The molecule has 0 rings (SSSR count). The highest BCUT2D eigenvalue weighted by molar-refractivity contribution is 8.12. The molecular weight excluding hydrogens is 200 g/mol. The van der Waals surface area contributed by atoms with Crippen molar-refractivity contribution in [3.63, 3.8) is 0 Å². The zero-order chi connectivity index (χ0) is 9.12. The minimum Gasteiger partial charge on any atom is -0.283 e. The van der Waals surface area contributed by atoms with Gasteiger partial charge in [0.2, 0.25) is 0 Å². The number of hydrogen-bond acceptors (Lipinski definition) is 7. The van der Waals surface area contributed by atoms with E-state index in [0.717, 1.165) is 0 Å². The molecule has 0 aromatic carbocycles. The van der Waals surface area contributed by atoms with Crippen molar-refractivity contribution >= 4 is 31.5 Å². The van der Waals surface area contributed by atoms with Gasteiger partial charge in [-0.3, -0.25) is 9.59 Å². The van der Waals surface area contributed by atoms with Gasteiger partial charge in [-0.1, -0.05) is 0 Å². The van der Waals surface area contributed by atoms with E-state index in [2.05, 4.69) is 3.63 Å². The first kappa shape index (κ1) is 10.2. The van der Waals surface area contributed by atoms with E-state index in [0.29, 0.717) is 0 Å². The summed E-state index contributed by atoms with van der Waals surface area (Å²) in [4.78, 5) is 19.1. The van der Waals surface area contributed by atoms with Crippen molar-refractivity contribution in [1.82, 2.24) is 0 Å². The highest BCUT2D eigenvalue weighted by atomic mass is 32.3. The van der Waals surface area contributed by atoms with E-state index in [-0.39, 0.29) is 0 Å². The maximum Gasteiger partial charge on any atom is 0.342 e. The van der Waals surface area contributed by atoms with Gasteiger partial charge in [0, 0.05) is 0 Å². The Morgan fingerprint density at radius 3 is 1.27 bits per heavy atom. The molecule has 0 radical (unpaired) electrons. The molecule has 64 valence electrons. The molecule has 0 saturated heterocycles. The second-order valence-corrected chi connectivity index (χ2v) is 4.15. The molecule has 0 saturated carbocycles. The molecule has 0 spiro atoms. The zero-order valence-electron chi connectivity index (χ0n) is 4.83. The summed E-state index contributed by atoms with van der Waals surface area (Å²) < 4.78 is 43.3. The minimum atomic E-state index is -4.79. The van der Waals surface area contributed by atoms with Gasteiger partial charge in [0.05, 0.1) is 0 Å². The van der Waals surface area contributed by atoms with Crippen LogP contribution in [0.15, 0.2) is 0 Å². The quantitative estimate of drug-likeness (QED) is 0.486. The molecule has 0 bridgehead atoms. The molecule has 9 heteroatoms. The first-order valence-electron chi connectivity index (χ1n) is 1.94. The summed E-state index contributed by atoms with van der Waals surface area (Å²) in [5, 5.41) is 0. The van der Waals surface area contributed by atoms with Crippen molar-refractivity contribution in [2.75, 3.05) is 0 Å². The molecule has 0 aromatic heterocycles. The molecule has 0 atom stereocenters. The van der Waals surface area contributed by atoms with Crippen LogP contribution in [0.3, 0.4) is 0 Å². The van der Waals surface area contributed by atoms with Gasteiger partial charge in [-0.15, -0.1) is 3.63 Å². The number of carbonyl (C=O) groups is 2. The Morgan fingerprint density at radius 1 is 0.818 bits per heavy atom. The van der Waals surface area contributed by atoms with E-state index in [1.165, 1.54) is 0 Å². The van der Waals surface area contributed by atoms with E-state index >= 15 is 0 Å². The third-order valence-corrected chi connectivity index (χ3v) is 2.41. The standard InChI is InChI=1S/C2H2O7S2/c3-1-10(5,6)9-11(7,8)2-4/h1-2H. The largest absolute Gasteiger partial charge is 0.342 e. The van der Waals surface area contributed by atoms with Crippen LogP contribution in [0, 0.1) is 0 Å². The summed E-state index contributed by atoms with van der Waals surface area (Å²) in [6.07, 6.45) is 0. The molecule has 0 aromatic rings. The molecule has 0 aliphatic rings. The van der Waals surface area contributed by atoms with Crippen LogP contribution < -0.4 is 0 Å². The smallest absolute Gasteiger partial charge is 0.283 e. The first-order chi connectivity index (χ1) is 4.83. The lowest BCUT2D eigenvalue weighted by Gasteiger charge is -1.90. The Kier molecular flexibility index (Phi) is 2.84. The summed E-state index contributed by atoms with van der Waals surface area (Å²) >= 11 is 0. The van der Waals surface area contributed by atoms with Crippen LogP contribution in [0.1, 0.15) is 0 Å². The van der Waals surface area contributed by atoms with Crippen LogP contribution in [0.2, 0.25) is 0 Å². The Bertz CT molecular complexity index is 308. The van der Waals surface area contributed by atoms with Crippen LogP contribution in [-0.4, -0.2) is 28.1 Å². The van der Waals surface area contributed by atoms with Crippen molar-refractivity contribution in [2.24, 2.45) is 0 Å². The predicted octanol–water partition coefficient (Wildman–Crippen LogP) is -1.96. The Morgan fingerprint density at radius 2 is 1.09 bits per heavy atom. The molecule has 0 N–H and O–H groups in total. The SMILES string of the molecule is O=CS(=O)(=O)OS(=O)(=O)C=O. The van der Waals surface area contributed by atoms with Gasteiger partial charge in [-0.25, -0.2) is 0 Å². The third-order valence-electron chi connectivity index (χ3n) is 0.425. The second-order valence-electron chi connectivity index (χ2n) is 1.25. The van der Waals surface area contributed by atoms with Crippen LogP contribution >= 0.6 is 0 Å². The Balaban J connectivity index is 4.81. The molecular formula is C2H2O7S2. The third kappa shape index (κ3) is 3.80. The van der Waals surface area contributed by atoms with E-state index in [1.807, 2.05) is 0 Å². The van der Waals surface area contributed by atoms with Crippen LogP contribution in [0.4, 0.5) is 0 Å². The monoisotopic (exact) mass is 202 g/mol. The second kappa shape index (κ2) is 3.07. The van der Waals surface area contributed by atoms with Gasteiger partial charge in [0.25, 0.3) is 11.2 Å². The molecule has 0 unspecified atom stereocenters. The van der Waals surface area contributed by atoms with Gasteiger partial charge in [-0.2, -0.15) is 16.8 Å². The molecule has 0 heterocycles. The maximum atomic E-state index is 10.0. The summed E-state index contributed by atoms with van der Waals surface area (Å²) in [5.41, 5.74) is -1.46. The molecule has 11 heavy (non-hydrogen) atoms. The van der Waals surface area contributed by atoms with Gasteiger partial charge >= 0.3 is 20.2 Å². The van der Waals surface area contributed by atoms with Crippen LogP contribution in [-0.2, 0) is 33.5 Å². The number of hydrogen-bond donors (Lipinski definition) is 0. The van der Waals surface area contributed by atoms with Crippen LogP contribution in [0.5, 0.6) is 0 Å². The van der Waals surface area contributed by atoms with Gasteiger partial charge in [0.1, 0.15) is 0 Å². The van der Waals surface area contributed by atoms with Gasteiger partial charge in [-0.05, 0) is 0 Å². The molecule has 7 nitrogen and oxygen atoms in total. The molecule has 0 aliphatic carbocycles.